The van der Waals surface area contributed by atoms with Gasteiger partial charge < -0.3 is 47.6 Å². The molecule has 36 heavy (non-hydrogen) atoms. The van der Waals surface area contributed by atoms with Gasteiger partial charge in [-0.2, -0.15) is 0 Å². The zero-order valence-corrected chi connectivity index (χ0v) is 24.4. The highest BCUT2D eigenvalue weighted by atomic mass is 28.4. The van der Waals surface area contributed by atoms with Gasteiger partial charge in [0.15, 0.2) is 8.32 Å². The van der Waals surface area contributed by atoms with Crippen LogP contribution in [0.1, 0.15) is 20.8 Å². The minimum Gasteiger partial charge on any atom is -0.444 e. The van der Waals surface area contributed by atoms with Crippen LogP contribution in [0.4, 0.5) is 4.79 Å². The van der Waals surface area contributed by atoms with E-state index in [1.165, 1.54) is 0 Å². The minimum atomic E-state index is -1.45. The molecule has 0 aliphatic carbocycles. The maximum absolute atomic E-state index is 11.4. The third kappa shape index (κ3) is 31.2. The normalized spacial score (nSPS) is 12.2. The van der Waals surface area contributed by atoms with Crippen molar-refractivity contribution in [3.05, 3.63) is 0 Å². The second-order valence-corrected chi connectivity index (χ2v) is 14.2. The first kappa shape index (κ1) is 35.2. The standard InChI is InChI=1S/C24H51NO10Si/c1-24(2,3)35-23(26)25-7-8-27-9-10-28-11-12-29-13-14-30-15-16-31-17-18-32-19-20-33-21-22-34-36(4,5)6/h7-22H2,1-6H3,(H,25,26). The van der Waals surface area contributed by atoms with Crippen LogP contribution in [0.2, 0.25) is 19.6 Å². The summed E-state index contributed by atoms with van der Waals surface area (Å²) in [5.74, 6) is 0. The molecule has 0 atom stereocenters. The van der Waals surface area contributed by atoms with E-state index in [1.807, 2.05) is 20.8 Å². The van der Waals surface area contributed by atoms with Crippen molar-refractivity contribution >= 4 is 14.4 Å². The Bertz CT molecular complexity index is 500. The number of nitrogens with one attached hydrogen (secondary N) is 1. The lowest BCUT2D eigenvalue weighted by atomic mass is 10.2. The van der Waals surface area contributed by atoms with Crippen molar-refractivity contribution in [3.63, 3.8) is 0 Å². The Balaban J connectivity index is 3.13. The summed E-state index contributed by atoms with van der Waals surface area (Å²) in [6, 6.07) is 0. The van der Waals surface area contributed by atoms with E-state index in [9.17, 15) is 4.79 Å². The molecule has 0 aliphatic heterocycles. The predicted molar refractivity (Wildman–Crippen MR) is 139 cm³/mol. The molecule has 0 saturated carbocycles. The largest absolute Gasteiger partial charge is 0.444 e. The fourth-order valence-corrected chi connectivity index (χ4v) is 3.06. The zero-order valence-electron chi connectivity index (χ0n) is 23.4. The van der Waals surface area contributed by atoms with Crippen LogP contribution >= 0.6 is 0 Å². The first-order valence-electron chi connectivity index (χ1n) is 12.8. The van der Waals surface area contributed by atoms with Crippen molar-refractivity contribution < 1.29 is 47.1 Å². The molecule has 0 bridgehead atoms. The number of carbonyl (C=O) groups excluding carboxylic acids is 1. The average Bonchev–Trinajstić information content (AvgIpc) is 2.77. The molecule has 0 rings (SSSR count). The quantitative estimate of drug-likeness (QED) is 0.137. The van der Waals surface area contributed by atoms with Gasteiger partial charge in [0, 0.05) is 6.54 Å². The van der Waals surface area contributed by atoms with Crippen molar-refractivity contribution in [2.24, 2.45) is 0 Å². The van der Waals surface area contributed by atoms with E-state index in [2.05, 4.69) is 25.0 Å². The van der Waals surface area contributed by atoms with E-state index in [1.54, 1.807) is 0 Å². The SMILES string of the molecule is CC(C)(C)OC(=O)NCCOCCOCCOCCOCCOCCOCCOCCO[Si](C)(C)C. The number of alkyl carbamates (subject to hydrolysis) is 1. The summed E-state index contributed by atoms with van der Waals surface area (Å²) in [5, 5.41) is 2.63. The average molecular weight is 542 g/mol. The van der Waals surface area contributed by atoms with Gasteiger partial charge in [0.1, 0.15) is 5.60 Å². The van der Waals surface area contributed by atoms with Crippen LogP contribution in [0.25, 0.3) is 0 Å². The van der Waals surface area contributed by atoms with Crippen molar-refractivity contribution in [2.75, 3.05) is 106 Å². The monoisotopic (exact) mass is 541 g/mol. The molecule has 0 aromatic rings. The maximum atomic E-state index is 11.4. The molecule has 216 valence electrons. The van der Waals surface area contributed by atoms with Crippen LogP contribution in [0.5, 0.6) is 0 Å². The number of hydrogen-bond donors (Lipinski definition) is 1. The topological polar surface area (TPSA) is 112 Å². The summed E-state index contributed by atoms with van der Waals surface area (Å²) in [7, 11) is -1.45. The molecule has 1 N–H and O–H groups in total. The van der Waals surface area contributed by atoms with Crippen molar-refractivity contribution in [1.82, 2.24) is 5.32 Å². The van der Waals surface area contributed by atoms with Crippen molar-refractivity contribution in [1.29, 1.82) is 0 Å². The number of ether oxygens (including phenoxy) is 8. The van der Waals surface area contributed by atoms with Crippen LogP contribution in [0, 0.1) is 0 Å². The lowest BCUT2D eigenvalue weighted by Crippen LogP contribution is -2.34. The minimum absolute atomic E-state index is 0.391. The van der Waals surface area contributed by atoms with Gasteiger partial charge in [-0.15, -0.1) is 0 Å². The number of amides is 1. The Labute approximate surface area is 218 Å². The van der Waals surface area contributed by atoms with Crippen LogP contribution in [-0.2, 0) is 42.3 Å². The van der Waals surface area contributed by atoms with Gasteiger partial charge >= 0.3 is 6.09 Å². The second-order valence-electron chi connectivity index (χ2n) is 9.68. The highest BCUT2D eigenvalue weighted by molar-refractivity contribution is 6.69. The summed E-state index contributed by atoms with van der Waals surface area (Å²) in [6.45, 7) is 20.1. The van der Waals surface area contributed by atoms with Gasteiger partial charge in [-0.05, 0) is 40.4 Å². The Morgan fingerprint density at radius 2 is 0.861 bits per heavy atom. The van der Waals surface area contributed by atoms with Gasteiger partial charge in [-0.25, -0.2) is 4.79 Å². The predicted octanol–water partition coefficient (Wildman–Crippen LogP) is 2.48. The second kappa shape index (κ2) is 23.3. The highest BCUT2D eigenvalue weighted by Crippen LogP contribution is 2.06. The highest BCUT2D eigenvalue weighted by Gasteiger charge is 2.15. The molecule has 12 heteroatoms. The molecule has 0 fully saturated rings. The Hall–Kier alpha value is -0.833. The molecule has 11 nitrogen and oxygen atoms in total. The summed E-state index contributed by atoms with van der Waals surface area (Å²) in [5.41, 5.74) is -0.503. The van der Waals surface area contributed by atoms with E-state index < -0.39 is 20.0 Å². The molecule has 1 amide bonds. The van der Waals surface area contributed by atoms with Crippen LogP contribution < -0.4 is 5.32 Å². The Kier molecular flexibility index (Phi) is 22.8. The number of hydrogen-bond acceptors (Lipinski definition) is 10. The molecule has 0 spiro atoms. The number of carbonyl (C=O) groups is 1. The van der Waals surface area contributed by atoms with Crippen LogP contribution in [0.15, 0.2) is 0 Å². The molecular weight excluding hydrogens is 490 g/mol. The molecule has 0 aromatic carbocycles. The molecule has 0 aliphatic rings. The van der Waals surface area contributed by atoms with Crippen molar-refractivity contribution in [2.45, 2.75) is 46.0 Å². The lowest BCUT2D eigenvalue weighted by Gasteiger charge is -2.19. The first-order chi connectivity index (χ1) is 17.1. The summed E-state index contributed by atoms with van der Waals surface area (Å²) in [6.07, 6.45) is -0.447. The van der Waals surface area contributed by atoms with Crippen molar-refractivity contribution in [3.8, 4) is 0 Å². The fraction of sp³-hybridized carbons (Fsp3) is 0.958. The van der Waals surface area contributed by atoms with Gasteiger partial charge in [0.25, 0.3) is 0 Å². The summed E-state index contributed by atoms with van der Waals surface area (Å²) in [4.78, 5) is 11.4. The molecule has 0 radical (unpaired) electrons. The van der Waals surface area contributed by atoms with Crippen LogP contribution in [0.3, 0.4) is 0 Å². The van der Waals surface area contributed by atoms with Gasteiger partial charge in [0.05, 0.1) is 99.1 Å². The third-order valence-corrected chi connectivity index (χ3v) is 4.98. The van der Waals surface area contributed by atoms with Gasteiger partial charge in [-0.3, -0.25) is 0 Å². The lowest BCUT2D eigenvalue weighted by molar-refractivity contribution is -0.0212. The van der Waals surface area contributed by atoms with E-state index in [-0.39, 0.29) is 0 Å². The molecular formula is C24H51NO10Si. The van der Waals surface area contributed by atoms with Crippen LogP contribution in [-0.4, -0.2) is 126 Å². The van der Waals surface area contributed by atoms with E-state index in [0.717, 1.165) is 0 Å². The summed E-state index contributed by atoms with van der Waals surface area (Å²) < 4.78 is 48.9. The maximum Gasteiger partial charge on any atom is 0.407 e. The zero-order chi connectivity index (χ0) is 27.0. The fourth-order valence-electron chi connectivity index (χ4n) is 2.37. The van der Waals surface area contributed by atoms with Gasteiger partial charge in [0.2, 0.25) is 0 Å². The molecule has 0 heterocycles. The first-order valence-corrected chi connectivity index (χ1v) is 16.2. The number of rotatable bonds is 25. The molecule has 0 saturated heterocycles. The summed E-state index contributed by atoms with van der Waals surface area (Å²) >= 11 is 0. The van der Waals surface area contributed by atoms with E-state index in [0.29, 0.717) is 106 Å². The van der Waals surface area contributed by atoms with E-state index in [4.69, 9.17) is 42.3 Å². The molecule has 0 aromatic heterocycles. The van der Waals surface area contributed by atoms with E-state index >= 15 is 0 Å². The smallest absolute Gasteiger partial charge is 0.407 e. The van der Waals surface area contributed by atoms with Gasteiger partial charge in [-0.1, -0.05) is 0 Å². The third-order valence-electron chi connectivity index (χ3n) is 3.91. The Morgan fingerprint density at radius 3 is 1.17 bits per heavy atom. The Morgan fingerprint density at radius 1 is 0.556 bits per heavy atom. The molecule has 0 unspecified atom stereocenters.